The smallest absolute Gasteiger partial charge is 0.416 e. The fourth-order valence-corrected chi connectivity index (χ4v) is 3.79. The third-order valence-electron chi connectivity index (χ3n) is 5.45. The number of carbonyl (C=O) groups is 2. The fraction of sp³-hybridized carbons (Fsp3) is 0.217. The van der Waals surface area contributed by atoms with Gasteiger partial charge in [0.05, 0.1) is 40.3 Å². The molecule has 4 rings (SSSR count). The van der Waals surface area contributed by atoms with Crippen molar-refractivity contribution in [3.63, 3.8) is 0 Å². The standard InChI is InChI=1S/C23H19F3N6O6/c1-2-38-16-9-13(32(36)37)6-7-15(16)28-20(34)14-10-17(33)29-19-18(14)21(35)31-22(30-19)27-12-5-3-4-11(8-12)23(24,25)26/h3-9,14H,2,10H2,1H3,(H,28,34)(H3,27,29,30,31,33,35). The third kappa shape index (κ3) is 5.55. The topological polar surface area (TPSA) is 168 Å². The minimum atomic E-state index is -4.59. The minimum Gasteiger partial charge on any atom is -0.491 e. The predicted molar refractivity (Wildman–Crippen MR) is 128 cm³/mol. The Morgan fingerprint density at radius 3 is 2.68 bits per heavy atom. The lowest BCUT2D eigenvalue weighted by molar-refractivity contribution is -0.384. The Bertz CT molecular complexity index is 1490. The van der Waals surface area contributed by atoms with E-state index in [1.165, 1.54) is 18.2 Å². The quantitative estimate of drug-likeness (QED) is 0.262. The zero-order chi connectivity index (χ0) is 27.6. The molecular weight excluding hydrogens is 513 g/mol. The van der Waals surface area contributed by atoms with Crippen LogP contribution in [-0.4, -0.2) is 33.3 Å². The first-order chi connectivity index (χ1) is 18.0. The van der Waals surface area contributed by atoms with E-state index in [0.717, 1.165) is 24.3 Å². The SMILES string of the molecule is CCOc1cc([N+](=O)[O-])ccc1NC(=O)C1CC(=O)Nc2nc(Nc3cccc(C(F)(F)F)c3)[nH]c(=O)c21. The first kappa shape index (κ1) is 26.1. The molecule has 1 aliphatic heterocycles. The summed E-state index contributed by atoms with van der Waals surface area (Å²) in [5, 5.41) is 18.5. The van der Waals surface area contributed by atoms with Gasteiger partial charge in [-0.15, -0.1) is 0 Å². The van der Waals surface area contributed by atoms with Crippen LogP contribution in [0.3, 0.4) is 0 Å². The molecular formula is C23H19F3N6O6. The molecule has 0 saturated heterocycles. The summed E-state index contributed by atoms with van der Waals surface area (Å²) < 4.78 is 44.4. The Labute approximate surface area is 211 Å². The largest absolute Gasteiger partial charge is 0.491 e. The zero-order valence-corrected chi connectivity index (χ0v) is 19.5. The van der Waals surface area contributed by atoms with Crippen molar-refractivity contribution in [3.8, 4) is 5.75 Å². The maximum atomic E-state index is 13.1. The minimum absolute atomic E-state index is 0.0169. The van der Waals surface area contributed by atoms with Gasteiger partial charge in [-0.25, -0.2) is 0 Å². The molecule has 15 heteroatoms. The van der Waals surface area contributed by atoms with Crippen LogP contribution in [0.2, 0.25) is 0 Å². The van der Waals surface area contributed by atoms with Crippen LogP contribution >= 0.6 is 0 Å². The molecule has 38 heavy (non-hydrogen) atoms. The number of nitrogens with zero attached hydrogens (tertiary/aromatic N) is 2. The Hall–Kier alpha value is -4.95. The van der Waals surface area contributed by atoms with Gasteiger partial charge in [-0.3, -0.25) is 29.5 Å². The van der Waals surface area contributed by atoms with Gasteiger partial charge in [0.1, 0.15) is 11.6 Å². The number of fused-ring (bicyclic) bond motifs is 1. The van der Waals surface area contributed by atoms with Crippen molar-refractivity contribution in [1.82, 2.24) is 9.97 Å². The van der Waals surface area contributed by atoms with Gasteiger partial charge >= 0.3 is 6.18 Å². The highest BCUT2D eigenvalue weighted by molar-refractivity contribution is 6.05. The van der Waals surface area contributed by atoms with Crippen LogP contribution in [0.1, 0.15) is 30.4 Å². The lowest BCUT2D eigenvalue weighted by Crippen LogP contribution is -2.36. The van der Waals surface area contributed by atoms with Gasteiger partial charge in [-0.1, -0.05) is 6.07 Å². The Balaban J connectivity index is 1.63. The van der Waals surface area contributed by atoms with Gasteiger partial charge in [0.2, 0.25) is 17.8 Å². The maximum Gasteiger partial charge on any atom is 0.416 e. The number of ether oxygens (including phenoxy) is 1. The number of alkyl halides is 3. The molecule has 4 N–H and O–H groups in total. The molecule has 0 fully saturated rings. The lowest BCUT2D eigenvalue weighted by Gasteiger charge is -2.24. The van der Waals surface area contributed by atoms with E-state index >= 15 is 0 Å². The van der Waals surface area contributed by atoms with Gasteiger partial charge in [0.25, 0.3) is 11.2 Å². The average molecular weight is 532 g/mol. The zero-order valence-electron chi connectivity index (χ0n) is 19.5. The van der Waals surface area contributed by atoms with Crippen LogP contribution in [0.5, 0.6) is 5.75 Å². The van der Waals surface area contributed by atoms with Crippen molar-refractivity contribution in [2.45, 2.75) is 25.4 Å². The summed E-state index contributed by atoms with van der Waals surface area (Å²) in [6.45, 7) is 1.78. The summed E-state index contributed by atoms with van der Waals surface area (Å²) in [5.41, 5.74) is -2.11. The highest BCUT2D eigenvalue weighted by Gasteiger charge is 2.35. The summed E-state index contributed by atoms with van der Waals surface area (Å²) >= 11 is 0. The van der Waals surface area contributed by atoms with E-state index in [2.05, 4.69) is 25.9 Å². The Morgan fingerprint density at radius 2 is 2.00 bits per heavy atom. The highest BCUT2D eigenvalue weighted by atomic mass is 19.4. The third-order valence-corrected chi connectivity index (χ3v) is 5.45. The van der Waals surface area contributed by atoms with E-state index in [9.17, 15) is 37.7 Å². The number of nitrogens with one attached hydrogen (secondary N) is 4. The summed E-state index contributed by atoms with van der Waals surface area (Å²) in [4.78, 5) is 55.2. The van der Waals surface area contributed by atoms with Crippen molar-refractivity contribution in [2.75, 3.05) is 22.6 Å². The number of aromatic nitrogens is 2. The van der Waals surface area contributed by atoms with Crippen molar-refractivity contribution in [3.05, 3.63) is 74.1 Å². The first-order valence-electron chi connectivity index (χ1n) is 11.1. The van der Waals surface area contributed by atoms with E-state index in [1.807, 2.05) is 0 Å². The Kier molecular flexibility index (Phi) is 7.01. The molecule has 2 heterocycles. The number of nitro groups is 1. The molecule has 2 amide bonds. The molecule has 3 aromatic rings. The molecule has 0 saturated carbocycles. The monoisotopic (exact) mass is 532 g/mol. The lowest BCUT2D eigenvalue weighted by atomic mass is 9.92. The molecule has 1 aliphatic rings. The van der Waals surface area contributed by atoms with Gasteiger partial charge in [0, 0.05) is 18.2 Å². The molecule has 2 aromatic carbocycles. The molecule has 0 radical (unpaired) electrons. The van der Waals surface area contributed by atoms with Crippen LogP contribution in [0.4, 0.5) is 42.0 Å². The summed E-state index contributed by atoms with van der Waals surface area (Å²) in [7, 11) is 0. The molecule has 1 unspecified atom stereocenters. The van der Waals surface area contributed by atoms with Crippen LogP contribution in [0, 0.1) is 10.1 Å². The van der Waals surface area contributed by atoms with Gasteiger partial charge in [0.15, 0.2) is 0 Å². The van der Waals surface area contributed by atoms with Crippen molar-refractivity contribution < 1.29 is 32.4 Å². The second kappa shape index (κ2) is 10.2. The molecule has 1 atom stereocenters. The molecule has 12 nitrogen and oxygen atoms in total. The van der Waals surface area contributed by atoms with Gasteiger partial charge < -0.3 is 20.7 Å². The maximum absolute atomic E-state index is 13.1. The van der Waals surface area contributed by atoms with E-state index in [1.54, 1.807) is 6.92 Å². The van der Waals surface area contributed by atoms with E-state index in [0.29, 0.717) is 0 Å². The fourth-order valence-electron chi connectivity index (χ4n) is 3.79. The Morgan fingerprint density at radius 1 is 1.24 bits per heavy atom. The number of H-pyrrole nitrogens is 1. The highest BCUT2D eigenvalue weighted by Crippen LogP contribution is 2.34. The second-order valence-corrected chi connectivity index (χ2v) is 8.05. The van der Waals surface area contributed by atoms with E-state index in [4.69, 9.17) is 4.74 Å². The van der Waals surface area contributed by atoms with Crippen LogP contribution < -0.4 is 26.2 Å². The van der Waals surface area contributed by atoms with Crippen molar-refractivity contribution in [2.24, 2.45) is 0 Å². The normalized spacial score (nSPS) is 14.7. The van der Waals surface area contributed by atoms with Crippen molar-refractivity contribution >= 4 is 40.6 Å². The molecule has 0 bridgehead atoms. The first-order valence-corrected chi connectivity index (χ1v) is 11.1. The van der Waals surface area contributed by atoms with Crippen LogP contribution in [0.25, 0.3) is 0 Å². The summed E-state index contributed by atoms with van der Waals surface area (Å²) in [6, 6.07) is 7.71. The number of aromatic amines is 1. The van der Waals surface area contributed by atoms with Crippen LogP contribution in [0.15, 0.2) is 47.3 Å². The number of non-ortho nitro benzene ring substituents is 1. The van der Waals surface area contributed by atoms with Crippen LogP contribution in [-0.2, 0) is 15.8 Å². The summed E-state index contributed by atoms with van der Waals surface area (Å²) in [5.74, 6) is -3.18. The van der Waals surface area contributed by atoms with Gasteiger partial charge in [-0.2, -0.15) is 18.2 Å². The predicted octanol–water partition coefficient (Wildman–Crippen LogP) is 3.90. The number of halogens is 3. The second-order valence-electron chi connectivity index (χ2n) is 8.05. The average Bonchev–Trinajstić information content (AvgIpc) is 2.84. The number of anilines is 4. The number of carbonyl (C=O) groups excluding carboxylic acids is 2. The van der Waals surface area contributed by atoms with E-state index in [-0.39, 0.29) is 46.7 Å². The molecule has 0 spiro atoms. The van der Waals surface area contributed by atoms with Crippen molar-refractivity contribution in [1.29, 1.82) is 0 Å². The molecule has 198 valence electrons. The molecule has 0 aliphatic carbocycles. The number of hydrogen-bond donors (Lipinski definition) is 4. The number of nitro benzene ring substituents is 1. The molecule has 1 aromatic heterocycles. The number of benzene rings is 2. The number of amides is 2. The van der Waals surface area contributed by atoms with Gasteiger partial charge in [-0.05, 0) is 31.2 Å². The number of rotatable bonds is 7. The number of hydrogen-bond acceptors (Lipinski definition) is 8. The van der Waals surface area contributed by atoms with E-state index < -0.39 is 46.4 Å². The summed E-state index contributed by atoms with van der Waals surface area (Å²) in [6.07, 6.45) is -4.99.